The average molecular weight is 401 g/mol. The molecule has 3 N–H and O–H groups in total. The van der Waals surface area contributed by atoms with Crippen molar-refractivity contribution in [1.82, 2.24) is 0 Å². The van der Waals surface area contributed by atoms with Gasteiger partial charge in [0.25, 0.3) is 0 Å². The quantitative estimate of drug-likeness (QED) is 0.206. The Bertz CT molecular complexity index is 476. The Morgan fingerprint density at radius 3 is 1.43 bits per heavy atom. The number of aliphatic carboxylic acids is 3. The van der Waals surface area contributed by atoms with Crippen molar-refractivity contribution in [3.8, 4) is 0 Å². The number of unbranched alkanes of at least 4 members (excludes halogenated alkanes) is 3. The Morgan fingerprint density at radius 1 is 0.714 bits per heavy atom. The van der Waals surface area contributed by atoms with E-state index < -0.39 is 40.5 Å². The highest BCUT2D eigenvalue weighted by Gasteiger charge is 2.55. The van der Waals surface area contributed by atoms with Gasteiger partial charge >= 0.3 is 17.9 Å². The summed E-state index contributed by atoms with van der Waals surface area (Å²) in [5, 5.41) is 29.5. The standard InChI is InChI=1S/C21H37NO6/c1-5-9-10-11-12-13-14-15-22(16(6-2)19(23)24,17(7-3)20(25)26)18(8-4)21(27)28/h12-13,16-18H,5-11,14-15H2,1-4H3,(H2-,23,24,25,26,27,28)/p+1/b13-12+. The Kier molecular flexibility index (Phi) is 12.4. The molecule has 0 aromatic carbocycles. The summed E-state index contributed by atoms with van der Waals surface area (Å²) in [7, 11) is 0. The Hall–Kier alpha value is -1.89. The maximum atomic E-state index is 12.1. The van der Waals surface area contributed by atoms with Gasteiger partial charge in [0.2, 0.25) is 0 Å². The predicted molar refractivity (Wildman–Crippen MR) is 108 cm³/mol. The molecule has 0 amide bonds. The van der Waals surface area contributed by atoms with Crippen LogP contribution >= 0.6 is 0 Å². The lowest BCUT2D eigenvalue weighted by molar-refractivity contribution is -0.972. The zero-order chi connectivity index (χ0) is 21.7. The minimum atomic E-state index is -1.14. The molecule has 3 unspecified atom stereocenters. The Balaban J connectivity index is 6.06. The zero-order valence-electron chi connectivity index (χ0n) is 17.8. The number of quaternary nitrogens is 1. The number of hydrogen-bond acceptors (Lipinski definition) is 3. The molecule has 162 valence electrons. The number of rotatable bonds is 16. The van der Waals surface area contributed by atoms with E-state index in [0.717, 1.165) is 25.7 Å². The molecule has 0 rings (SSSR count). The summed E-state index contributed by atoms with van der Waals surface area (Å²) in [4.78, 5) is 36.2. The summed E-state index contributed by atoms with van der Waals surface area (Å²) < 4.78 is -0.456. The van der Waals surface area contributed by atoms with Gasteiger partial charge in [-0.25, -0.2) is 14.4 Å². The third-order valence-corrected chi connectivity index (χ3v) is 5.58. The Labute approximate surface area is 168 Å². The van der Waals surface area contributed by atoms with Crippen LogP contribution in [0.2, 0.25) is 0 Å². The fourth-order valence-electron chi connectivity index (χ4n) is 4.33. The highest BCUT2D eigenvalue weighted by Crippen LogP contribution is 2.32. The smallest absolute Gasteiger partial charge is 0.362 e. The van der Waals surface area contributed by atoms with Crippen molar-refractivity contribution in [1.29, 1.82) is 0 Å². The number of nitrogens with zero attached hydrogens (tertiary/aromatic N) is 1. The van der Waals surface area contributed by atoms with Crippen molar-refractivity contribution in [2.24, 2.45) is 0 Å². The van der Waals surface area contributed by atoms with Crippen LogP contribution < -0.4 is 0 Å². The number of carboxylic acid groups (broad SMARTS) is 3. The molecule has 0 aliphatic rings. The maximum Gasteiger partial charge on any atom is 0.362 e. The van der Waals surface area contributed by atoms with Crippen LogP contribution in [0.5, 0.6) is 0 Å². The normalized spacial score (nSPS) is 17.0. The van der Waals surface area contributed by atoms with Gasteiger partial charge in [0.1, 0.15) is 0 Å². The highest BCUT2D eigenvalue weighted by atomic mass is 16.4. The predicted octanol–water partition coefficient (Wildman–Crippen LogP) is 3.92. The van der Waals surface area contributed by atoms with E-state index in [4.69, 9.17) is 0 Å². The molecule has 0 aromatic heterocycles. The van der Waals surface area contributed by atoms with Gasteiger partial charge in [0.15, 0.2) is 18.1 Å². The highest BCUT2D eigenvalue weighted by molar-refractivity contribution is 5.78. The van der Waals surface area contributed by atoms with Crippen LogP contribution in [0.25, 0.3) is 0 Å². The molecular formula is C21H38NO6+. The molecule has 7 heteroatoms. The molecule has 3 atom stereocenters. The van der Waals surface area contributed by atoms with Gasteiger partial charge in [-0.2, -0.15) is 0 Å². The van der Waals surface area contributed by atoms with Gasteiger partial charge in [0, 0.05) is 25.7 Å². The van der Waals surface area contributed by atoms with Crippen LogP contribution in [0.15, 0.2) is 12.2 Å². The zero-order valence-corrected chi connectivity index (χ0v) is 17.8. The van der Waals surface area contributed by atoms with Crippen molar-refractivity contribution in [2.75, 3.05) is 6.54 Å². The monoisotopic (exact) mass is 400 g/mol. The van der Waals surface area contributed by atoms with Crippen LogP contribution in [0.4, 0.5) is 0 Å². The summed E-state index contributed by atoms with van der Waals surface area (Å²) in [5.74, 6) is -3.43. The second kappa shape index (κ2) is 13.3. The van der Waals surface area contributed by atoms with Crippen LogP contribution in [-0.4, -0.2) is 62.4 Å². The summed E-state index contributed by atoms with van der Waals surface area (Å²) in [6.45, 7) is 7.32. The van der Waals surface area contributed by atoms with E-state index in [9.17, 15) is 29.7 Å². The molecule has 0 aliphatic carbocycles. The van der Waals surface area contributed by atoms with Gasteiger partial charge in [0.05, 0.1) is 6.54 Å². The van der Waals surface area contributed by atoms with Crippen molar-refractivity contribution in [2.45, 2.75) is 97.2 Å². The number of carbonyl (C=O) groups is 3. The van der Waals surface area contributed by atoms with E-state index in [1.54, 1.807) is 20.8 Å². The SMILES string of the molecule is CCCCC/C=C/CC[N+](C(CC)C(=O)O)(C(CC)C(=O)O)C(CC)C(=O)O. The first-order valence-electron chi connectivity index (χ1n) is 10.4. The van der Waals surface area contributed by atoms with Crippen molar-refractivity contribution < 1.29 is 34.2 Å². The molecule has 0 radical (unpaired) electrons. The summed E-state index contributed by atoms with van der Waals surface area (Å²) in [6, 6.07) is -3.26. The van der Waals surface area contributed by atoms with Crippen LogP contribution in [0.3, 0.4) is 0 Å². The molecule has 7 nitrogen and oxygen atoms in total. The fourth-order valence-corrected chi connectivity index (χ4v) is 4.33. The van der Waals surface area contributed by atoms with Crippen molar-refractivity contribution in [3.63, 3.8) is 0 Å². The fraction of sp³-hybridized carbons (Fsp3) is 0.762. The summed E-state index contributed by atoms with van der Waals surface area (Å²) in [5.41, 5.74) is 0. The number of hydrogen-bond donors (Lipinski definition) is 3. The van der Waals surface area contributed by atoms with E-state index in [-0.39, 0.29) is 25.8 Å². The third-order valence-electron chi connectivity index (χ3n) is 5.58. The average Bonchev–Trinajstić information content (AvgIpc) is 2.61. The van der Waals surface area contributed by atoms with E-state index in [0.29, 0.717) is 6.42 Å². The molecule has 0 bridgehead atoms. The lowest BCUT2D eigenvalue weighted by Crippen LogP contribution is -2.72. The molecule has 0 saturated carbocycles. The number of carboxylic acids is 3. The molecular weight excluding hydrogens is 362 g/mol. The molecule has 0 fully saturated rings. The molecule has 0 saturated heterocycles. The summed E-state index contributed by atoms with van der Waals surface area (Å²) in [6.07, 6.45) is 9.15. The molecule has 0 aromatic rings. The second-order valence-corrected chi connectivity index (χ2v) is 7.26. The van der Waals surface area contributed by atoms with Crippen LogP contribution in [0.1, 0.15) is 79.1 Å². The summed E-state index contributed by atoms with van der Waals surface area (Å²) >= 11 is 0. The lowest BCUT2D eigenvalue weighted by Gasteiger charge is -2.49. The van der Waals surface area contributed by atoms with E-state index in [1.807, 2.05) is 12.2 Å². The number of allylic oxidation sites excluding steroid dienone is 1. The van der Waals surface area contributed by atoms with E-state index >= 15 is 0 Å². The minimum absolute atomic E-state index is 0.170. The topological polar surface area (TPSA) is 112 Å². The first-order chi connectivity index (χ1) is 13.2. The van der Waals surface area contributed by atoms with Crippen molar-refractivity contribution >= 4 is 17.9 Å². The Morgan fingerprint density at radius 2 is 1.11 bits per heavy atom. The third kappa shape index (κ3) is 6.62. The van der Waals surface area contributed by atoms with Gasteiger partial charge in [-0.05, 0) is 12.8 Å². The maximum absolute atomic E-state index is 12.1. The van der Waals surface area contributed by atoms with E-state index in [1.165, 1.54) is 0 Å². The molecule has 0 heterocycles. The van der Waals surface area contributed by atoms with Gasteiger partial charge in [-0.15, -0.1) is 0 Å². The first kappa shape index (κ1) is 26.1. The van der Waals surface area contributed by atoms with Gasteiger partial charge < -0.3 is 15.3 Å². The minimum Gasteiger partial charge on any atom is -0.477 e. The molecule has 0 spiro atoms. The van der Waals surface area contributed by atoms with Crippen molar-refractivity contribution in [3.05, 3.63) is 12.2 Å². The molecule has 0 aliphatic heterocycles. The van der Waals surface area contributed by atoms with E-state index in [2.05, 4.69) is 6.92 Å². The molecule has 28 heavy (non-hydrogen) atoms. The van der Waals surface area contributed by atoms with Gasteiger partial charge in [-0.1, -0.05) is 52.7 Å². The second-order valence-electron chi connectivity index (χ2n) is 7.26. The first-order valence-corrected chi connectivity index (χ1v) is 10.4. The van der Waals surface area contributed by atoms with Crippen LogP contribution in [0, 0.1) is 0 Å². The van der Waals surface area contributed by atoms with Gasteiger partial charge in [-0.3, -0.25) is 4.48 Å². The largest absolute Gasteiger partial charge is 0.477 e. The van der Waals surface area contributed by atoms with Crippen LogP contribution in [-0.2, 0) is 14.4 Å². The lowest BCUT2D eigenvalue weighted by atomic mass is 9.94.